The van der Waals surface area contributed by atoms with Crippen LogP contribution in [0.15, 0.2) is 42.5 Å². The van der Waals surface area contributed by atoms with Crippen molar-refractivity contribution in [3.05, 3.63) is 65.2 Å². The number of amides is 2. The maximum absolute atomic E-state index is 13.2. The Morgan fingerprint density at radius 2 is 1.79 bits per heavy atom. The number of nitrogens with two attached hydrogens (primary N) is 1. The van der Waals surface area contributed by atoms with Crippen LogP contribution in [-0.2, 0) is 11.2 Å². The van der Waals surface area contributed by atoms with Crippen molar-refractivity contribution in [2.45, 2.75) is 12.5 Å². The van der Waals surface area contributed by atoms with Gasteiger partial charge in [0.2, 0.25) is 5.91 Å². The summed E-state index contributed by atoms with van der Waals surface area (Å²) in [6.07, 6.45) is 0.161. The fourth-order valence-corrected chi connectivity index (χ4v) is 2.10. The van der Waals surface area contributed by atoms with E-state index in [-0.39, 0.29) is 12.0 Å². The highest BCUT2D eigenvalue weighted by Crippen LogP contribution is 2.13. The second-order valence-electron chi connectivity index (χ2n) is 5.11. The molecule has 2 aromatic carbocycles. The minimum absolute atomic E-state index is 0.102. The van der Waals surface area contributed by atoms with Gasteiger partial charge in [0.25, 0.3) is 5.91 Å². The van der Waals surface area contributed by atoms with E-state index in [1.807, 2.05) is 0 Å². The Bertz CT molecular complexity index is 748. The van der Waals surface area contributed by atoms with Gasteiger partial charge in [-0.05, 0) is 35.9 Å². The van der Waals surface area contributed by atoms with E-state index < -0.39 is 29.5 Å². The Hall–Kier alpha value is -2.96. The number of ether oxygens (including phenoxy) is 1. The van der Waals surface area contributed by atoms with Crippen LogP contribution in [-0.4, -0.2) is 25.0 Å². The molecule has 0 bridgehead atoms. The molecule has 0 aliphatic rings. The molecule has 0 spiro atoms. The molecule has 2 aromatic rings. The van der Waals surface area contributed by atoms with E-state index in [1.54, 1.807) is 24.3 Å². The lowest BCUT2D eigenvalue weighted by Crippen LogP contribution is -2.45. The standard InChI is InChI=1S/C17H16F2N2O3/c1-24-12-5-2-10(3-6-12)8-15(16(20)22)21-17(23)11-4-7-13(18)14(19)9-11/h2-7,9,15H,8H2,1H3,(H2,20,22)(H,21,23)/t15-/m0/s1. The Balaban J connectivity index is 2.10. The van der Waals surface area contributed by atoms with Crippen LogP contribution in [0.2, 0.25) is 0 Å². The van der Waals surface area contributed by atoms with E-state index in [4.69, 9.17) is 10.5 Å². The summed E-state index contributed by atoms with van der Waals surface area (Å²) >= 11 is 0. The molecule has 5 nitrogen and oxygen atoms in total. The largest absolute Gasteiger partial charge is 0.497 e. The maximum atomic E-state index is 13.2. The van der Waals surface area contributed by atoms with Crippen LogP contribution in [0.1, 0.15) is 15.9 Å². The third kappa shape index (κ3) is 4.28. The first-order valence-electron chi connectivity index (χ1n) is 7.09. The van der Waals surface area contributed by atoms with Crippen molar-refractivity contribution in [1.82, 2.24) is 5.32 Å². The van der Waals surface area contributed by atoms with Crippen LogP contribution >= 0.6 is 0 Å². The van der Waals surface area contributed by atoms with Crippen molar-refractivity contribution < 1.29 is 23.1 Å². The average molecular weight is 334 g/mol. The minimum atomic E-state index is -1.14. The fourth-order valence-electron chi connectivity index (χ4n) is 2.10. The van der Waals surface area contributed by atoms with Gasteiger partial charge >= 0.3 is 0 Å². The molecular formula is C17H16F2N2O3. The second-order valence-corrected chi connectivity index (χ2v) is 5.11. The van der Waals surface area contributed by atoms with Crippen LogP contribution in [0.5, 0.6) is 5.75 Å². The second kappa shape index (κ2) is 7.54. The molecule has 0 saturated heterocycles. The molecule has 3 N–H and O–H groups in total. The van der Waals surface area contributed by atoms with Gasteiger partial charge in [-0.1, -0.05) is 12.1 Å². The number of carbonyl (C=O) groups is 2. The molecule has 7 heteroatoms. The van der Waals surface area contributed by atoms with Crippen LogP contribution < -0.4 is 15.8 Å². The molecule has 0 radical (unpaired) electrons. The summed E-state index contributed by atoms with van der Waals surface area (Å²) < 4.78 is 31.1. The topological polar surface area (TPSA) is 81.4 Å². The predicted molar refractivity (Wildman–Crippen MR) is 83.5 cm³/mol. The number of halogens is 2. The third-order valence-electron chi connectivity index (χ3n) is 3.43. The van der Waals surface area contributed by atoms with E-state index in [0.29, 0.717) is 5.75 Å². The van der Waals surface area contributed by atoms with Crippen molar-refractivity contribution in [3.8, 4) is 5.75 Å². The molecule has 0 aliphatic carbocycles. The Kier molecular flexibility index (Phi) is 5.47. The summed E-state index contributed by atoms with van der Waals surface area (Å²) in [6, 6.07) is 8.63. The smallest absolute Gasteiger partial charge is 0.252 e. The molecule has 2 rings (SSSR count). The highest BCUT2D eigenvalue weighted by Gasteiger charge is 2.20. The molecule has 0 fully saturated rings. The molecular weight excluding hydrogens is 318 g/mol. The summed E-state index contributed by atoms with van der Waals surface area (Å²) in [7, 11) is 1.53. The zero-order valence-corrected chi connectivity index (χ0v) is 12.9. The van der Waals surface area contributed by atoms with Crippen molar-refractivity contribution in [2.75, 3.05) is 7.11 Å². The molecule has 0 unspecified atom stereocenters. The van der Waals surface area contributed by atoms with Gasteiger partial charge in [0.05, 0.1) is 7.11 Å². The predicted octanol–water partition coefficient (Wildman–Crippen LogP) is 1.80. The molecule has 0 aromatic heterocycles. The van der Waals surface area contributed by atoms with Crippen LogP contribution in [0.3, 0.4) is 0 Å². The van der Waals surface area contributed by atoms with Gasteiger partial charge in [0, 0.05) is 12.0 Å². The summed E-state index contributed by atoms with van der Waals surface area (Å²) in [4.78, 5) is 23.6. The number of methoxy groups -OCH3 is 1. The lowest BCUT2D eigenvalue weighted by atomic mass is 10.0. The highest BCUT2D eigenvalue weighted by atomic mass is 19.2. The molecule has 0 aliphatic heterocycles. The third-order valence-corrected chi connectivity index (χ3v) is 3.43. The lowest BCUT2D eigenvalue weighted by molar-refractivity contribution is -0.119. The van der Waals surface area contributed by atoms with Crippen LogP contribution in [0.25, 0.3) is 0 Å². The lowest BCUT2D eigenvalue weighted by Gasteiger charge is -2.16. The number of hydrogen-bond donors (Lipinski definition) is 2. The first-order valence-corrected chi connectivity index (χ1v) is 7.09. The molecule has 0 saturated carbocycles. The zero-order chi connectivity index (χ0) is 17.7. The van der Waals surface area contributed by atoms with Crippen molar-refractivity contribution in [3.63, 3.8) is 0 Å². The van der Waals surface area contributed by atoms with Gasteiger partial charge < -0.3 is 15.8 Å². The summed E-state index contributed by atoms with van der Waals surface area (Å²) in [5.74, 6) is -3.00. The van der Waals surface area contributed by atoms with Gasteiger partial charge in [-0.15, -0.1) is 0 Å². The van der Waals surface area contributed by atoms with Crippen molar-refractivity contribution >= 4 is 11.8 Å². The van der Waals surface area contributed by atoms with Gasteiger partial charge in [-0.25, -0.2) is 8.78 Å². The van der Waals surface area contributed by atoms with Gasteiger partial charge in [0.15, 0.2) is 11.6 Å². The number of hydrogen-bond acceptors (Lipinski definition) is 3. The Labute approximate surface area is 137 Å². The maximum Gasteiger partial charge on any atom is 0.252 e. The van der Waals surface area contributed by atoms with Crippen LogP contribution in [0, 0.1) is 11.6 Å². The molecule has 1 atom stereocenters. The summed E-state index contributed by atoms with van der Waals surface area (Å²) in [6.45, 7) is 0. The minimum Gasteiger partial charge on any atom is -0.497 e. The van der Waals surface area contributed by atoms with Crippen LogP contribution in [0.4, 0.5) is 8.78 Å². The highest BCUT2D eigenvalue weighted by molar-refractivity contribution is 5.97. The van der Waals surface area contributed by atoms with E-state index in [9.17, 15) is 18.4 Å². The number of nitrogens with one attached hydrogen (secondary N) is 1. The van der Waals surface area contributed by atoms with Crippen molar-refractivity contribution in [1.29, 1.82) is 0 Å². The van der Waals surface area contributed by atoms with Gasteiger partial charge in [-0.2, -0.15) is 0 Å². The number of carbonyl (C=O) groups excluding carboxylic acids is 2. The van der Waals surface area contributed by atoms with E-state index in [2.05, 4.69) is 5.32 Å². The number of rotatable bonds is 6. The van der Waals surface area contributed by atoms with Gasteiger partial charge in [0.1, 0.15) is 11.8 Å². The monoisotopic (exact) mass is 334 g/mol. The van der Waals surface area contributed by atoms with Gasteiger partial charge in [-0.3, -0.25) is 9.59 Å². The average Bonchev–Trinajstić information content (AvgIpc) is 2.57. The molecule has 0 heterocycles. The molecule has 126 valence electrons. The Morgan fingerprint density at radius 3 is 2.33 bits per heavy atom. The van der Waals surface area contributed by atoms with E-state index >= 15 is 0 Å². The molecule has 24 heavy (non-hydrogen) atoms. The molecule has 2 amide bonds. The number of benzene rings is 2. The number of primary amides is 1. The SMILES string of the molecule is COc1ccc(C[C@H](NC(=O)c2ccc(F)c(F)c2)C(N)=O)cc1. The zero-order valence-electron chi connectivity index (χ0n) is 12.9. The van der Waals surface area contributed by atoms with E-state index in [1.165, 1.54) is 7.11 Å². The normalized spacial score (nSPS) is 11.6. The van der Waals surface area contributed by atoms with Crippen molar-refractivity contribution in [2.24, 2.45) is 5.73 Å². The quantitative estimate of drug-likeness (QED) is 0.845. The summed E-state index contributed by atoms with van der Waals surface area (Å²) in [5, 5.41) is 2.42. The first-order chi connectivity index (χ1) is 11.4. The summed E-state index contributed by atoms with van der Waals surface area (Å²) in [5.41, 5.74) is 5.96. The fraction of sp³-hybridized carbons (Fsp3) is 0.176. The van der Waals surface area contributed by atoms with E-state index in [0.717, 1.165) is 23.8 Å². The Morgan fingerprint density at radius 1 is 1.12 bits per heavy atom. The first kappa shape index (κ1) is 17.4.